The third kappa shape index (κ3) is 6.34. The number of ether oxygens (including phenoxy) is 2. The van der Waals surface area contributed by atoms with Gasteiger partial charge in [-0.3, -0.25) is 9.69 Å². The molecule has 0 radical (unpaired) electrons. The number of hydrogen-bond donors (Lipinski definition) is 0. The Labute approximate surface area is 194 Å². The molecule has 0 saturated carbocycles. The standard InChI is InChI=1S/C25H29NO3S2/c1-5-26-23(27)22(31-24(26)30)17-18-7-11-20(12-8-18)28-15-6-16-29-21-13-9-19(10-14-21)25(2,3)4/h7-14,17H,5-6,15-16H2,1-4H3/b22-17+. The first-order chi connectivity index (χ1) is 14.8. The van der Waals surface area contributed by atoms with Gasteiger partial charge in [0.15, 0.2) is 0 Å². The first kappa shape index (κ1) is 23.4. The van der Waals surface area contributed by atoms with E-state index < -0.39 is 0 Å². The van der Waals surface area contributed by atoms with Crippen molar-refractivity contribution in [3.8, 4) is 11.5 Å². The van der Waals surface area contributed by atoms with Gasteiger partial charge in [0, 0.05) is 13.0 Å². The van der Waals surface area contributed by atoms with Crippen LogP contribution in [0.2, 0.25) is 0 Å². The predicted octanol–water partition coefficient (Wildman–Crippen LogP) is 6.05. The van der Waals surface area contributed by atoms with Crippen molar-refractivity contribution >= 4 is 40.3 Å². The summed E-state index contributed by atoms with van der Waals surface area (Å²) < 4.78 is 12.2. The van der Waals surface area contributed by atoms with E-state index in [1.54, 1.807) is 4.90 Å². The number of nitrogens with zero attached hydrogens (tertiary/aromatic N) is 1. The Morgan fingerprint density at radius 1 is 0.968 bits per heavy atom. The molecule has 2 aromatic rings. The fourth-order valence-corrected chi connectivity index (χ4v) is 4.46. The number of thiocarbonyl (C=S) groups is 1. The number of likely N-dealkylation sites (N-methyl/N-ethyl adjacent to an activating group) is 1. The van der Waals surface area contributed by atoms with Crippen molar-refractivity contribution in [3.05, 3.63) is 64.6 Å². The lowest BCUT2D eigenvalue weighted by molar-refractivity contribution is -0.121. The van der Waals surface area contributed by atoms with Gasteiger partial charge in [0.05, 0.1) is 18.1 Å². The van der Waals surface area contributed by atoms with E-state index in [1.165, 1.54) is 17.3 Å². The van der Waals surface area contributed by atoms with Crippen LogP contribution < -0.4 is 9.47 Å². The number of rotatable bonds is 8. The van der Waals surface area contributed by atoms with Crippen molar-refractivity contribution in [2.45, 2.75) is 39.5 Å². The molecule has 2 aromatic carbocycles. The van der Waals surface area contributed by atoms with Gasteiger partial charge >= 0.3 is 0 Å². The van der Waals surface area contributed by atoms with Gasteiger partial charge in [-0.25, -0.2) is 0 Å². The molecule has 1 amide bonds. The van der Waals surface area contributed by atoms with E-state index in [1.807, 2.05) is 49.4 Å². The van der Waals surface area contributed by atoms with Crippen molar-refractivity contribution in [2.24, 2.45) is 0 Å². The lowest BCUT2D eigenvalue weighted by Gasteiger charge is -2.19. The van der Waals surface area contributed by atoms with Crippen LogP contribution >= 0.6 is 24.0 Å². The van der Waals surface area contributed by atoms with E-state index in [-0.39, 0.29) is 11.3 Å². The third-order valence-electron chi connectivity index (χ3n) is 4.91. The van der Waals surface area contributed by atoms with Crippen LogP contribution in [0.3, 0.4) is 0 Å². The van der Waals surface area contributed by atoms with Crippen LogP contribution in [0.15, 0.2) is 53.4 Å². The second-order valence-corrected chi connectivity index (χ2v) is 10.00. The summed E-state index contributed by atoms with van der Waals surface area (Å²) in [5.41, 5.74) is 2.39. The van der Waals surface area contributed by atoms with E-state index >= 15 is 0 Å². The van der Waals surface area contributed by atoms with E-state index in [2.05, 4.69) is 32.9 Å². The minimum Gasteiger partial charge on any atom is -0.493 e. The second-order valence-electron chi connectivity index (χ2n) is 8.32. The van der Waals surface area contributed by atoms with E-state index in [0.717, 1.165) is 23.5 Å². The highest BCUT2D eigenvalue weighted by Crippen LogP contribution is 2.32. The van der Waals surface area contributed by atoms with Gasteiger partial charge < -0.3 is 9.47 Å². The van der Waals surface area contributed by atoms with Crippen LogP contribution in [0.25, 0.3) is 6.08 Å². The SMILES string of the molecule is CCN1C(=O)/C(=C\c2ccc(OCCCOc3ccc(C(C)(C)C)cc3)cc2)SC1=S. The van der Waals surface area contributed by atoms with Crippen molar-refractivity contribution in [2.75, 3.05) is 19.8 Å². The van der Waals surface area contributed by atoms with Crippen LogP contribution in [0.4, 0.5) is 0 Å². The zero-order chi connectivity index (χ0) is 22.4. The fraction of sp³-hybridized carbons (Fsp3) is 0.360. The van der Waals surface area contributed by atoms with Gasteiger partial charge in [0.1, 0.15) is 15.8 Å². The Morgan fingerprint density at radius 2 is 1.52 bits per heavy atom. The summed E-state index contributed by atoms with van der Waals surface area (Å²) in [5.74, 6) is 1.66. The van der Waals surface area contributed by atoms with Crippen LogP contribution in [-0.4, -0.2) is 34.9 Å². The zero-order valence-electron chi connectivity index (χ0n) is 18.5. The number of amides is 1. The molecule has 1 aliphatic heterocycles. The van der Waals surface area contributed by atoms with Crippen molar-refractivity contribution < 1.29 is 14.3 Å². The largest absolute Gasteiger partial charge is 0.493 e. The minimum atomic E-state index is -0.0223. The molecule has 0 aromatic heterocycles. The molecule has 164 valence electrons. The molecule has 0 N–H and O–H groups in total. The molecule has 0 atom stereocenters. The van der Waals surface area contributed by atoms with E-state index in [9.17, 15) is 4.79 Å². The van der Waals surface area contributed by atoms with Crippen molar-refractivity contribution in [1.29, 1.82) is 0 Å². The maximum Gasteiger partial charge on any atom is 0.266 e. The van der Waals surface area contributed by atoms with Crippen LogP contribution in [-0.2, 0) is 10.2 Å². The Bertz CT molecular complexity index is 944. The first-order valence-electron chi connectivity index (χ1n) is 10.5. The summed E-state index contributed by atoms with van der Waals surface area (Å²) >= 11 is 6.60. The molecular formula is C25H29NO3S2. The molecular weight excluding hydrogens is 426 g/mol. The number of carbonyl (C=O) groups is 1. The van der Waals surface area contributed by atoms with E-state index in [0.29, 0.717) is 29.0 Å². The molecule has 0 unspecified atom stereocenters. The van der Waals surface area contributed by atoms with Gasteiger partial charge in [-0.1, -0.05) is 69.0 Å². The summed E-state index contributed by atoms with van der Waals surface area (Å²) in [6.07, 6.45) is 2.67. The molecule has 0 bridgehead atoms. The monoisotopic (exact) mass is 455 g/mol. The molecule has 1 heterocycles. The van der Waals surface area contributed by atoms with E-state index in [4.69, 9.17) is 21.7 Å². The number of thioether (sulfide) groups is 1. The Hall–Kier alpha value is -2.31. The molecule has 4 nitrogen and oxygen atoms in total. The number of carbonyl (C=O) groups excluding carboxylic acids is 1. The summed E-state index contributed by atoms with van der Waals surface area (Å²) in [6.45, 7) is 10.3. The number of benzene rings is 2. The second kappa shape index (κ2) is 10.3. The third-order valence-corrected chi connectivity index (χ3v) is 6.29. The maximum atomic E-state index is 12.3. The zero-order valence-corrected chi connectivity index (χ0v) is 20.1. The predicted molar refractivity (Wildman–Crippen MR) is 133 cm³/mol. The normalized spacial score (nSPS) is 15.6. The quantitative estimate of drug-likeness (QED) is 0.275. The van der Waals surface area contributed by atoms with Crippen LogP contribution in [0.5, 0.6) is 11.5 Å². The van der Waals surface area contributed by atoms with Crippen LogP contribution in [0, 0.1) is 0 Å². The molecule has 1 fully saturated rings. The van der Waals surface area contributed by atoms with Gasteiger partial charge in [-0.15, -0.1) is 0 Å². The molecule has 1 aliphatic rings. The highest BCUT2D eigenvalue weighted by Gasteiger charge is 2.30. The molecule has 1 saturated heterocycles. The van der Waals surface area contributed by atoms with Gasteiger partial charge in [-0.05, 0) is 53.8 Å². The van der Waals surface area contributed by atoms with Gasteiger partial charge in [0.25, 0.3) is 5.91 Å². The van der Waals surface area contributed by atoms with Gasteiger partial charge in [0.2, 0.25) is 0 Å². The topological polar surface area (TPSA) is 38.8 Å². The highest BCUT2D eigenvalue weighted by atomic mass is 32.2. The number of hydrogen-bond acceptors (Lipinski definition) is 5. The molecule has 3 rings (SSSR count). The maximum absolute atomic E-state index is 12.3. The average Bonchev–Trinajstić information content (AvgIpc) is 3.01. The average molecular weight is 456 g/mol. The lowest BCUT2D eigenvalue weighted by atomic mass is 9.87. The van der Waals surface area contributed by atoms with Crippen LogP contribution in [0.1, 0.15) is 45.2 Å². The fourth-order valence-electron chi connectivity index (χ4n) is 3.07. The molecule has 0 aliphatic carbocycles. The Kier molecular flexibility index (Phi) is 7.79. The van der Waals surface area contributed by atoms with Gasteiger partial charge in [-0.2, -0.15) is 0 Å². The Balaban J connectivity index is 1.42. The highest BCUT2D eigenvalue weighted by molar-refractivity contribution is 8.26. The van der Waals surface area contributed by atoms with Crippen molar-refractivity contribution in [3.63, 3.8) is 0 Å². The molecule has 0 spiro atoms. The Morgan fingerprint density at radius 3 is 2.00 bits per heavy atom. The summed E-state index contributed by atoms with van der Waals surface area (Å²) in [6, 6.07) is 16.0. The lowest BCUT2D eigenvalue weighted by Crippen LogP contribution is -2.27. The minimum absolute atomic E-state index is 0.0223. The van der Waals surface area contributed by atoms with Crippen molar-refractivity contribution in [1.82, 2.24) is 4.90 Å². The first-order valence-corrected chi connectivity index (χ1v) is 11.7. The summed E-state index contributed by atoms with van der Waals surface area (Å²) in [7, 11) is 0. The summed E-state index contributed by atoms with van der Waals surface area (Å²) in [4.78, 5) is 14.6. The molecule has 6 heteroatoms. The molecule has 31 heavy (non-hydrogen) atoms. The summed E-state index contributed by atoms with van der Waals surface area (Å²) in [5, 5.41) is 0. The smallest absolute Gasteiger partial charge is 0.266 e.